The smallest absolute Gasteiger partial charge is 0.416 e. The number of hydrogen-bond acceptors (Lipinski definition) is 3. The predicted molar refractivity (Wildman–Crippen MR) is 130 cm³/mol. The molecule has 174 valence electrons. The summed E-state index contributed by atoms with van der Waals surface area (Å²) in [4.78, 5) is 4.13. The van der Waals surface area contributed by atoms with Gasteiger partial charge in [0.25, 0.3) is 0 Å². The van der Waals surface area contributed by atoms with Gasteiger partial charge in [0, 0.05) is 31.8 Å². The molecule has 2 aromatic carbocycles. The van der Waals surface area contributed by atoms with E-state index in [-0.39, 0.29) is 30.5 Å². The van der Waals surface area contributed by atoms with Crippen molar-refractivity contribution in [2.75, 3.05) is 33.9 Å². The minimum Gasteiger partial charge on any atom is -0.491 e. The number of aryl methyl sites for hydroxylation is 1. The molecule has 0 fully saturated rings. The van der Waals surface area contributed by atoms with Gasteiger partial charge in [-0.1, -0.05) is 30.0 Å². The molecule has 0 aliphatic carbocycles. The van der Waals surface area contributed by atoms with Gasteiger partial charge in [-0.15, -0.1) is 24.0 Å². The van der Waals surface area contributed by atoms with E-state index in [9.17, 15) is 13.2 Å². The Kier molecular flexibility index (Phi) is 11.9. The Balaban J connectivity index is 0.00000512. The standard InChI is InChI=1S/C23H26F3N3O2.HI/c1-17-9-10-19(21(14-17)31-13-12-30-3)16-29-22(27-2)28-11-5-7-18-6-4-8-20(15-18)23(24,25)26;/h4,6,8-10,14-15H,11-13,16H2,1-3H3,(H2,27,28,29);1H. The Bertz CT molecular complexity index is 953. The SMILES string of the molecule is CN=C(NCC#Cc1cccc(C(F)(F)F)c1)NCc1ccc(C)cc1OCCOC.I. The van der Waals surface area contributed by atoms with Gasteiger partial charge < -0.3 is 20.1 Å². The Morgan fingerprint density at radius 2 is 1.88 bits per heavy atom. The molecule has 0 saturated heterocycles. The van der Waals surface area contributed by atoms with Gasteiger partial charge in [0.05, 0.1) is 18.7 Å². The number of halogens is 4. The van der Waals surface area contributed by atoms with Gasteiger partial charge in [-0.3, -0.25) is 4.99 Å². The van der Waals surface area contributed by atoms with E-state index in [0.717, 1.165) is 29.0 Å². The monoisotopic (exact) mass is 561 g/mol. The topological polar surface area (TPSA) is 54.9 Å². The van der Waals surface area contributed by atoms with E-state index in [0.29, 0.717) is 31.3 Å². The van der Waals surface area contributed by atoms with E-state index in [1.165, 1.54) is 12.1 Å². The van der Waals surface area contributed by atoms with Crippen LogP contribution in [0.4, 0.5) is 13.2 Å². The van der Waals surface area contributed by atoms with Crippen LogP contribution < -0.4 is 15.4 Å². The van der Waals surface area contributed by atoms with Gasteiger partial charge in [-0.25, -0.2) is 0 Å². The minimum absolute atomic E-state index is 0. The van der Waals surface area contributed by atoms with Crippen molar-refractivity contribution in [3.05, 3.63) is 64.7 Å². The zero-order valence-electron chi connectivity index (χ0n) is 18.2. The molecule has 0 bridgehead atoms. The average molecular weight is 561 g/mol. The van der Waals surface area contributed by atoms with Crippen LogP contribution in [0, 0.1) is 18.8 Å². The Morgan fingerprint density at radius 1 is 1.09 bits per heavy atom. The first kappa shape index (κ1) is 27.6. The van der Waals surface area contributed by atoms with Gasteiger partial charge in [-0.05, 0) is 36.8 Å². The largest absolute Gasteiger partial charge is 0.491 e. The molecule has 2 N–H and O–H groups in total. The highest BCUT2D eigenvalue weighted by atomic mass is 127. The summed E-state index contributed by atoms with van der Waals surface area (Å²) in [5.41, 5.74) is 1.63. The molecule has 0 aliphatic heterocycles. The summed E-state index contributed by atoms with van der Waals surface area (Å²) < 4.78 is 49.1. The number of guanidine groups is 1. The summed E-state index contributed by atoms with van der Waals surface area (Å²) in [5, 5.41) is 6.19. The molecular formula is C23H27F3IN3O2. The molecule has 0 radical (unpaired) electrons. The highest BCUT2D eigenvalue weighted by Crippen LogP contribution is 2.29. The first-order chi connectivity index (χ1) is 14.8. The second kappa shape index (κ2) is 13.9. The van der Waals surface area contributed by atoms with E-state index in [1.807, 2.05) is 25.1 Å². The van der Waals surface area contributed by atoms with Crippen LogP contribution in [0.25, 0.3) is 0 Å². The van der Waals surface area contributed by atoms with E-state index >= 15 is 0 Å². The lowest BCUT2D eigenvalue weighted by molar-refractivity contribution is -0.137. The average Bonchev–Trinajstić information content (AvgIpc) is 2.74. The van der Waals surface area contributed by atoms with E-state index in [2.05, 4.69) is 27.5 Å². The Morgan fingerprint density at radius 3 is 2.56 bits per heavy atom. The van der Waals surface area contributed by atoms with Crippen LogP contribution in [-0.4, -0.2) is 39.9 Å². The molecule has 9 heteroatoms. The fraction of sp³-hybridized carbons (Fsp3) is 0.348. The fourth-order valence-electron chi connectivity index (χ4n) is 2.62. The summed E-state index contributed by atoms with van der Waals surface area (Å²) in [6.45, 7) is 3.63. The molecule has 2 aromatic rings. The first-order valence-electron chi connectivity index (χ1n) is 9.65. The fourth-order valence-corrected chi connectivity index (χ4v) is 2.62. The number of aliphatic imine (C=N–C) groups is 1. The van der Waals surface area contributed by atoms with Crippen LogP contribution in [0.3, 0.4) is 0 Å². The van der Waals surface area contributed by atoms with Crippen molar-refractivity contribution in [3.8, 4) is 17.6 Å². The molecule has 0 saturated carbocycles. The minimum atomic E-state index is -4.38. The first-order valence-corrected chi connectivity index (χ1v) is 9.65. The number of hydrogen-bond donors (Lipinski definition) is 2. The third-order valence-electron chi connectivity index (χ3n) is 4.20. The highest BCUT2D eigenvalue weighted by molar-refractivity contribution is 14.0. The maximum atomic E-state index is 12.8. The van der Waals surface area contributed by atoms with Crippen LogP contribution in [0.15, 0.2) is 47.5 Å². The van der Waals surface area contributed by atoms with Gasteiger partial charge in [0.1, 0.15) is 12.4 Å². The lowest BCUT2D eigenvalue weighted by atomic mass is 10.1. The Hall–Kier alpha value is -2.45. The van der Waals surface area contributed by atoms with Gasteiger partial charge >= 0.3 is 6.18 Å². The van der Waals surface area contributed by atoms with Crippen molar-refractivity contribution in [1.29, 1.82) is 0 Å². The van der Waals surface area contributed by atoms with Crippen molar-refractivity contribution < 1.29 is 22.6 Å². The molecule has 5 nitrogen and oxygen atoms in total. The van der Waals surface area contributed by atoms with Crippen LogP contribution in [-0.2, 0) is 17.5 Å². The van der Waals surface area contributed by atoms with Crippen LogP contribution in [0.1, 0.15) is 22.3 Å². The van der Waals surface area contributed by atoms with Gasteiger partial charge in [0.15, 0.2) is 5.96 Å². The van der Waals surface area contributed by atoms with Crippen molar-refractivity contribution in [2.45, 2.75) is 19.6 Å². The van der Waals surface area contributed by atoms with Crippen molar-refractivity contribution in [2.24, 2.45) is 4.99 Å². The van der Waals surface area contributed by atoms with Crippen LogP contribution in [0.5, 0.6) is 5.75 Å². The highest BCUT2D eigenvalue weighted by Gasteiger charge is 2.30. The van der Waals surface area contributed by atoms with Crippen molar-refractivity contribution >= 4 is 29.9 Å². The maximum Gasteiger partial charge on any atom is 0.416 e. The van der Waals surface area contributed by atoms with E-state index in [4.69, 9.17) is 9.47 Å². The maximum absolute atomic E-state index is 12.8. The lowest BCUT2D eigenvalue weighted by Crippen LogP contribution is -2.37. The van der Waals surface area contributed by atoms with E-state index < -0.39 is 11.7 Å². The number of methoxy groups -OCH3 is 1. The molecule has 0 spiro atoms. The summed E-state index contributed by atoms with van der Waals surface area (Å²) in [6, 6.07) is 10.9. The molecule has 0 heterocycles. The lowest BCUT2D eigenvalue weighted by Gasteiger charge is -2.14. The normalized spacial score (nSPS) is 11.1. The summed E-state index contributed by atoms with van der Waals surface area (Å²) in [5.74, 6) is 6.82. The van der Waals surface area contributed by atoms with Crippen molar-refractivity contribution in [3.63, 3.8) is 0 Å². The van der Waals surface area contributed by atoms with Crippen molar-refractivity contribution in [1.82, 2.24) is 10.6 Å². The Labute approximate surface area is 203 Å². The van der Waals surface area contributed by atoms with Gasteiger partial charge in [-0.2, -0.15) is 13.2 Å². The third kappa shape index (κ3) is 9.36. The summed E-state index contributed by atoms with van der Waals surface area (Å²) >= 11 is 0. The third-order valence-corrected chi connectivity index (χ3v) is 4.20. The number of ether oxygens (including phenoxy) is 2. The van der Waals surface area contributed by atoms with Crippen LogP contribution >= 0.6 is 24.0 Å². The number of nitrogens with zero attached hydrogens (tertiary/aromatic N) is 1. The molecule has 0 aromatic heterocycles. The quantitative estimate of drug-likeness (QED) is 0.173. The number of benzene rings is 2. The van der Waals surface area contributed by atoms with Crippen LogP contribution in [0.2, 0.25) is 0 Å². The van der Waals surface area contributed by atoms with E-state index in [1.54, 1.807) is 14.2 Å². The molecular weight excluding hydrogens is 534 g/mol. The predicted octanol–water partition coefficient (Wildman–Crippen LogP) is 4.37. The number of nitrogens with one attached hydrogen (secondary N) is 2. The molecule has 2 rings (SSSR count). The molecule has 32 heavy (non-hydrogen) atoms. The summed E-state index contributed by atoms with van der Waals surface area (Å²) in [6.07, 6.45) is -4.38. The zero-order chi connectivity index (χ0) is 22.7. The number of rotatable bonds is 7. The molecule has 0 amide bonds. The second-order valence-electron chi connectivity index (χ2n) is 6.61. The summed E-state index contributed by atoms with van der Waals surface area (Å²) in [7, 11) is 3.24. The van der Waals surface area contributed by atoms with Gasteiger partial charge in [0.2, 0.25) is 0 Å². The molecule has 0 atom stereocenters. The molecule has 0 aliphatic rings. The number of alkyl halides is 3. The second-order valence-corrected chi connectivity index (χ2v) is 6.61. The zero-order valence-corrected chi connectivity index (χ0v) is 20.5. The molecule has 0 unspecified atom stereocenters.